The third kappa shape index (κ3) is 4.98. The van der Waals surface area contributed by atoms with E-state index in [1.807, 2.05) is 23.3 Å². The van der Waals surface area contributed by atoms with Gasteiger partial charge in [0, 0.05) is 17.3 Å². The third-order valence-electron chi connectivity index (χ3n) is 1.82. The summed E-state index contributed by atoms with van der Waals surface area (Å²) in [5.74, 6) is 1.87. The number of thioether (sulfide) groups is 1. The molecule has 1 rings (SSSR count). The van der Waals surface area contributed by atoms with Crippen LogP contribution in [-0.4, -0.2) is 23.8 Å². The molecule has 0 amide bonds. The molecular formula is C10H18N2S2. The van der Waals surface area contributed by atoms with E-state index >= 15 is 0 Å². The molecule has 1 aromatic rings. The van der Waals surface area contributed by atoms with E-state index in [2.05, 4.69) is 24.1 Å². The van der Waals surface area contributed by atoms with Crippen molar-refractivity contribution in [2.24, 2.45) is 5.92 Å². The maximum Gasteiger partial charge on any atom is 0.149 e. The van der Waals surface area contributed by atoms with E-state index in [1.54, 1.807) is 11.3 Å². The van der Waals surface area contributed by atoms with Crippen LogP contribution < -0.4 is 5.32 Å². The van der Waals surface area contributed by atoms with Gasteiger partial charge in [0.25, 0.3) is 0 Å². The molecule has 80 valence electrons. The lowest BCUT2D eigenvalue weighted by Gasteiger charge is -2.10. The average Bonchev–Trinajstić information content (AvgIpc) is 2.68. The molecule has 2 nitrogen and oxygen atoms in total. The molecule has 1 heterocycles. The van der Waals surface area contributed by atoms with E-state index in [0.29, 0.717) is 0 Å². The van der Waals surface area contributed by atoms with Crippen molar-refractivity contribution in [3.05, 3.63) is 11.6 Å². The lowest BCUT2D eigenvalue weighted by molar-refractivity contribution is 0.557. The lowest BCUT2D eigenvalue weighted by Crippen LogP contribution is -2.23. The van der Waals surface area contributed by atoms with Crippen LogP contribution in [0, 0.1) is 5.92 Å². The first-order valence-electron chi connectivity index (χ1n) is 5.06. The summed E-state index contributed by atoms with van der Waals surface area (Å²) in [5, 5.41) is 5.46. The highest BCUT2D eigenvalue weighted by atomic mass is 32.2. The van der Waals surface area contributed by atoms with Crippen molar-refractivity contribution in [2.75, 3.05) is 18.8 Å². The van der Waals surface area contributed by atoms with Gasteiger partial charge in [-0.2, -0.15) is 0 Å². The molecular weight excluding hydrogens is 212 g/mol. The molecule has 0 saturated heterocycles. The van der Waals surface area contributed by atoms with Gasteiger partial charge in [-0.15, -0.1) is 11.3 Å². The first-order chi connectivity index (χ1) is 6.83. The van der Waals surface area contributed by atoms with Crippen molar-refractivity contribution in [3.8, 4) is 0 Å². The minimum atomic E-state index is 0.718. The molecule has 0 radical (unpaired) electrons. The van der Waals surface area contributed by atoms with E-state index in [9.17, 15) is 0 Å². The summed E-state index contributed by atoms with van der Waals surface area (Å²) >= 11 is 3.59. The van der Waals surface area contributed by atoms with Crippen LogP contribution in [0.4, 0.5) is 0 Å². The molecule has 0 bridgehead atoms. The van der Waals surface area contributed by atoms with Gasteiger partial charge in [-0.05, 0) is 25.4 Å². The molecule has 0 saturated carbocycles. The smallest absolute Gasteiger partial charge is 0.149 e. The predicted molar refractivity (Wildman–Crippen MR) is 65.2 cm³/mol. The number of hydrogen-bond acceptors (Lipinski definition) is 4. The van der Waals surface area contributed by atoms with E-state index in [1.165, 1.54) is 10.8 Å². The van der Waals surface area contributed by atoms with Gasteiger partial charge in [0.1, 0.15) is 4.34 Å². The highest BCUT2D eigenvalue weighted by molar-refractivity contribution is 8.01. The van der Waals surface area contributed by atoms with Crippen LogP contribution in [0.1, 0.15) is 20.3 Å². The molecule has 0 fully saturated rings. The Hall–Kier alpha value is -0.0600. The number of nitrogens with one attached hydrogen (secondary N) is 1. The van der Waals surface area contributed by atoms with Crippen LogP contribution in [0.5, 0.6) is 0 Å². The SMILES string of the molecule is CCCNCC(C)CSc1nccs1. The van der Waals surface area contributed by atoms with Gasteiger partial charge in [0.2, 0.25) is 0 Å². The Morgan fingerprint density at radius 3 is 3.14 bits per heavy atom. The summed E-state index contributed by atoms with van der Waals surface area (Å²) in [6.07, 6.45) is 3.08. The van der Waals surface area contributed by atoms with Gasteiger partial charge in [0.15, 0.2) is 0 Å². The highest BCUT2D eigenvalue weighted by Crippen LogP contribution is 2.22. The van der Waals surface area contributed by atoms with Crippen molar-refractivity contribution in [2.45, 2.75) is 24.6 Å². The fourth-order valence-corrected chi connectivity index (χ4v) is 2.76. The van der Waals surface area contributed by atoms with E-state index in [-0.39, 0.29) is 0 Å². The molecule has 0 aromatic carbocycles. The molecule has 1 atom stereocenters. The fourth-order valence-electron chi connectivity index (χ4n) is 1.08. The average molecular weight is 230 g/mol. The second kappa shape index (κ2) is 7.26. The number of aromatic nitrogens is 1. The molecule has 14 heavy (non-hydrogen) atoms. The Kier molecular flexibility index (Phi) is 6.23. The number of nitrogens with zero attached hydrogens (tertiary/aromatic N) is 1. The van der Waals surface area contributed by atoms with Crippen molar-refractivity contribution in [1.29, 1.82) is 0 Å². The molecule has 0 aliphatic carbocycles. The van der Waals surface area contributed by atoms with E-state index in [4.69, 9.17) is 0 Å². The predicted octanol–water partition coefficient (Wildman–Crippen LogP) is 2.87. The maximum atomic E-state index is 4.25. The van der Waals surface area contributed by atoms with Crippen LogP contribution in [0.15, 0.2) is 15.9 Å². The topological polar surface area (TPSA) is 24.9 Å². The Bertz CT molecular complexity index is 224. The molecule has 4 heteroatoms. The Morgan fingerprint density at radius 1 is 1.64 bits per heavy atom. The molecule has 1 N–H and O–H groups in total. The Balaban J connectivity index is 2.06. The minimum absolute atomic E-state index is 0.718. The second-order valence-corrected chi connectivity index (χ2v) is 5.58. The standard InChI is InChI=1S/C10H18N2S2/c1-3-4-11-7-9(2)8-14-10-12-5-6-13-10/h5-6,9,11H,3-4,7-8H2,1-2H3. The number of thiazole rings is 1. The number of rotatable bonds is 7. The van der Waals surface area contributed by atoms with Gasteiger partial charge >= 0.3 is 0 Å². The van der Waals surface area contributed by atoms with Crippen LogP contribution in [0.25, 0.3) is 0 Å². The normalized spacial score (nSPS) is 13.0. The van der Waals surface area contributed by atoms with Crippen LogP contribution in [0.3, 0.4) is 0 Å². The molecule has 1 unspecified atom stereocenters. The largest absolute Gasteiger partial charge is 0.316 e. The summed E-state index contributed by atoms with van der Waals surface area (Å²) in [5.41, 5.74) is 0. The van der Waals surface area contributed by atoms with Gasteiger partial charge in [-0.25, -0.2) is 4.98 Å². The molecule has 0 aliphatic rings. The van der Waals surface area contributed by atoms with Gasteiger partial charge in [-0.3, -0.25) is 0 Å². The number of hydrogen-bond donors (Lipinski definition) is 1. The zero-order valence-corrected chi connectivity index (χ0v) is 10.5. The summed E-state index contributed by atoms with van der Waals surface area (Å²) in [4.78, 5) is 4.25. The van der Waals surface area contributed by atoms with E-state index < -0.39 is 0 Å². The Morgan fingerprint density at radius 2 is 2.50 bits per heavy atom. The van der Waals surface area contributed by atoms with Gasteiger partial charge in [-0.1, -0.05) is 25.6 Å². The lowest BCUT2D eigenvalue weighted by atomic mass is 10.2. The first kappa shape index (κ1) is 12.0. The Labute approximate surface area is 94.5 Å². The van der Waals surface area contributed by atoms with E-state index in [0.717, 1.165) is 24.8 Å². The summed E-state index contributed by atoms with van der Waals surface area (Å²) in [7, 11) is 0. The zero-order valence-electron chi connectivity index (χ0n) is 8.82. The van der Waals surface area contributed by atoms with Crippen LogP contribution >= 0.6 is 23.1 Å². The molecule has 0 aliphatic heterocycles. The maximum absolute atomic E-state index is 4.25. The van der Waals surface area contributed by atoms with Crippen molar-refractivity contribution < 1.29 is 0 Å². The minimum Gasteiger partial charge on any atom is -0.316 e. The molecule has 1 aromatic heterocycles. The fraction of sp³-hybridized carbons (Fsp3) is 0.700. The molecule has 0 spiro atoms. The first-order valence-corrected chi connectivity index (χ1v) is 6.92. The zero-order chi connectivity index (χ0) is 10.2. The van der Waals surface area contributed by atoms with Crippen molar-refractivity contribution in [1.82, 2.24) is 10.3 Å². The highest BCUT2D eigenvalue weighted by Gasteiger charge is 2.03. The van der Waals surface area contributed by atoms with Crippen LogP contribution in [0.2, 0.25) is 0 Å². The van der Waals surface area contributed by atoms with Crippen molar-refractivity contribution in [3.63, 3.8) is 0 Å². The van der Waals surface area contributed by atoms with Gasteiger partial charge in [0.05, 0.1) is 0 Å². The second-order valence-electron chi connectivity index (χ2n) is 3.42. The van der Waals surface area contributed by atoms with Crippen LogP contribution in [-0.2, 0) is 0 Å². The summed E-state index contributed by atoms with van der Waals surface area (Å²) in [6.45, 7) is 6.73. The quantitative estimate of drug-likeness (QED) is 0.576. The van der Waals surface area contributed by atoms with Crippen molar-refractivity contribution >= 4 is 23.1 Å². The third-order valence-corrected chi connectivity index (χ3v) is 4.12. The monoisotopic (exact) mass is 230 g/mol. The van der Waals surface area contributed by atoms with Gasteiger partial charge < -0.3 is 5.32 Å². The summed E-state index contributed by atoms with van der Waals surface area (Å²) < 4.78 is 1.19. The summed E-state index contributed by atoms with van der Waals surface area (Å²) in [6, 6.07) is 0.